The van der Waals surface area contributed by atoms with Crippen molar-refractivity contribution in [2.45, 2.75) is 31.8 Å². The number of likely N-dealkylation sites (tertiary alicyclic amines) is 1. The highest BCUT2D eigenvalue weighted by Crippen LogP contribution is 2.30. The summed E-state index contributed by atoms with van der Waals surface area (Å²) in [7, 11) is 0. The van der Waals surface area contributed by atoms with Crippen LogP contribution in [0.15, 0.2) is 54.6 Å². The lowest BCUT2D eigenvalue weighted by Gasteiger charge is -2.31. The van der Waals surface area contributed by atoms with E-state index in [4.69, 9.17) is 0 Å². The molecule has 2 amide bonds. The Morgan fingerprint density at radius 2 is 1.79 bits per heavy atom. The normalized spacial score (nSPS) is 20.1. The van der Waals surface area contributed by atoms with Crippen LogP contribution in [-0.2, 0) is 29.0 Å². The topological polar surface area (TPSA) is 56.4 Å². The quantitative estimate of drug-likeness (QED) is 0.716. The number of nitrogens with zero attached hydrogens (tertiary/aromatic N) is 2. The number of fused-ring (bicyclic) bond motifs is 3. The zero-order valence-corrected chi connectivity index (χ0v) is 15.7. The molecule has 3 aromatic rings. The lowest BCUT2D eigenvalue weighted by atomic mass is 10.0. The summed E-state index contributed by atoms with van der Waals surface area (Å²) in [5.74, 6) is -0.0834. The molecule has 142 valence electrons. The predicted octanol–water partition coefficient (Wildman–Crippen LogP) is 2.90. The zero-order valence-electron chi connectivity index (χ0n) is 15.7. The van der Waals surface area contributed by atoms with Gasteiger partial charge in [0, 0.05) is 42.7 Å². The van der Waals surface area contributed by atoms with Crippen molar-refractivity contribution in [2.24, 2.45) is 0 Å². The van der Waals surface area contributed by atoms with Crippen LogP contribution < -0.4 is 0 Å². The number of para-hydroxylation sites is 1. The number of aromatic amines is 1. The summed E-state index contributed by atoms with van der Waals surface area (Å²) in [6, 6.07) is 18.0. The van der Waals surface area contributed by atoms with E-state index >= 15 is 0 Å². The number of rotatable bonds is 4. The second-order valence-corrected chi connectivity index (χ2v) is 7.69. The molecule has 1 fully saturated rings. The fourth-order valence-electron chi connectivity index (χ4n) is 4.52. The third-order valence-electron chi connectivity index (χ3n) is 6.04. The zero-order chi connectivity index (χ0) is 19.1. The summed E-state index contributed by atoms with van der Waals surface area (Å²) in [6.45, 7) is 1.98. The Morgan fingerprint density at radius 1 is 1.00 bits per heavy atom. The summed E-state index contributed by atoms with van der Waals surface area (Å²) in [6.07, 6.45) is 1.88. The minimum absolute atomic E-state index is 0.0378. The number of aromatic nitrogens is 1. The minimum atomic E-state index is -0.329. The number of imide groups is 1. The van der Waals surface area contributed by atoms with Crippen LogP contribution in [0, 0.1) is 0 Å². The molecule has 1 aromatic heterocycles. The van der Waals surface area contributed by atoms with Gasteiger partial charge < -0.3 is 4.98 Å². The molecule has 2 aliphatic heterocycles. The molecule has 1 N–H and O–H groups in total. The van der Waals surface area contributed by atoms with Gasteiger partial charge in [-0.05, 0) is 23.6 Å². The molecule has 1 atom stereocenters. The van der Waals surface area contributed by atoms with Crippen LogP contribution >= 0.6 is 0 Å². The number of hydrogen-bond acceptors (Lipinski definition) is 3. The molecule has 3 heterocycles. The Bertz CT molecular complexity index is 1040. The van der Waals surface area contributed by atoms with Crippen LogP contribution in [0.3, 0.4) is 0 Å². The predicted molar refractivity (Wildman–Crippen MR) is 108 cm³/mol. The van der Waals surface area contributed by atoms with Crippen LogP contribution in [0.4, 0.5) is 0 Å². The summed E-state index contributed by atoms with van der Waals surface area (Å²) in [5.41, 5.74) is 4.82. The van der Waals surface area contributed by atoms with E-state index < -0.39 is 0 Å². The van der Waals surface area contributed by atoms with Crippen molar-refractivity contribution >= 4 is 22.7 Å². The number of benzene rings is 2. The molecule has 28 heavy (non-hydrogen) atoms. The molecular weight excluding hydrogens is 350 g/mol. The van der Waals surface area contributed by atoms with Gasteiger partial charge in [-0.15, -0.1) is 0 Å². The maximum absolute atomic E-state index is 13.0. The molecular formula is C23H23N3O2. The van der Waals surface area contributed by atoms with Crippen LogP contribution in [0.2, 0.25) is 0 Å². The van der Waals surface area contributed by atoms with Crippen molar-refractivity contribution in [1.82, 2.24) is 14.8 Å². The highest BCUT2D eigenvalue weighted by atomic mass is 16.2. The van der Waals surface area contributed by atoms with E-state index in [1.807, 2.05) is 42.5 Å². The van der Waals surface area contributed by atoms with Gasteiger partial charge in [0.05, 0.1) is 12.5 Å². The highest BCUT2D eigenvalue weighted by Gasteiger charge is 2.42. The second kappa shape index (κ2) is 6.91. The van der Waals surface area contributed by atoms with Crippen molar-refractivity contribution in [1.29, 1.82) is 0 Å². The number of nitrogens with one attached hydrogen (secondary N) is 1. The molecule has 0 bridgehead atoms. The van der Waals surface area contributed by atoms with E-state index in [2.05, 4.69) is 22.0 Å². The van der Waals surface area contributed by atoms with Gasteiger partial charge in [0.1, 0.15) is 0 Å². The fourth-order valence-corrected chi connectivity index (χ4v) is 4.52. The smallest absolute Gasteiger partial charge is 0.247 e. The summed E-state index contributed by atoms with van der Waals surface area (Å²) in [4.78, 5) is 32.7. The summed E-state index contributed by atoms with van der Waals surface area (Å²) < 4.78 is 0. The van der Waals surface area contributed by atoms with E-state index in [1.165, 1.54) is 21.5 Å². The van der Waals surface area contributed by atoms with E-state index in [1.54, 1.807) is 0 Å². The third kappa shape index (κ3) is 2.92. The number of carbonyl (C=O) groups excluding carboxylic acids is 2. The lowest BCUT2D eigenvalue weighted by Crippen LogP contribution is -2.44. The number of H-pyrrole nitrogens is 1. The van der Waals surface area contributed by atoms with Gasteiger partial charge >= 0.3 is 0 Å². The summed E-state index contributed by atoms with van der Waals surface area (Å²) in [5, 5.41) is 1.22. The van der Waals surface area contributed by atoms with Gasteiger partial charge in [-0.3, -0.25) is 19.4 Å². The molecule has 5 rings (SSSR count). The number of carbonyl (C=O) groups is 2. The number of hydrogen-bond donors (Lipinski definition) is 1. The Labute approximate surface area is 163 Å². The van der Waals surface area contributed by atoms with Crippen molar-refractivity contribution in [3.05, 3.63) is 71.4 Å². The Kier molecular flexibility index (Phi) is 4.24. The largest absolute Gasteiger partial charge is 0.358 e. The van der Waals surface area contributed by atoms with Crippen LogP contribution in [-0.4, -0.2) is 45.7 Å². The Hall–Kier alpha value is -2.92. The van der Waals surface area contributed by atoms with Crippen molar-refractivity contribution in [2.75, 3.05) is 13.1 Å². The second-order valence-electron chi connectivity index (χ2n) is 7.69. The molecule has 1 saturated heterocycles. The first-order chi connectivity index (χ1) is 13.7. The molecule has 0 aliphatic carbocycles. The van der Waals surface area contributed by atoms with Crippen molar-refractivity contribution < 1.29 is 9.59 Å². The molecule has 0 saturated carbocycles. The number of amides is 2. The van der Waals surface area contributed by atoms with E-state index in [9.17, 15) is 9.59 Å². The van der Waals surface area contributed by atoms with Gasteiger partial charge in [-0.25, -0.2) is 0 Å². The summed E-state index contributed by atoms with van der Waals surface area (Å²) >= 11 is 0. The monoisotopic (exact) mass is 373 g/mol. The molecule has 2 aromatic carbocycles. The van der Waals surface area contributed by atoms with Gasteiger partial charge in [0.2, 0.25) is 11.8 Å². The first-order valence-electron chi connectivity index (χ1n) is 9.91. The highest BCUT2D eigenvalue weighted by molar-refractivity contribution is 6.05. The third-order valence-corrected chi connectivity index (χ3v) is 6.04. The molecule has 5 heteroatoms. The SMILES string of the molecule is O=C1C[C@@H](N2CCc3[nH]c4ccccc4c3C2)C(=O)N1CCc1ccccc1. The molecule has 5 nitrogen and oxygen atoms in total. The Balaban J connectivity index is 1.32. The minimum Gasteiger partial charge on any atom is -0.358 e. The first kappa shape index (κ1) is 17.2. The van der Waals surface area contributed by atoms with E-state index in [0.717, 1.165) is 30.6 Å². The molecule has 0 radical (unpaired) electrons. The molecule has 0 spiro atoms. The standard InChI is InChI=1S/C23H23N3O2/c27-22-14-21(23(28)26(22)13-10-16-6-2-1-3-7-16)25-12-11-20-18(15-25)17-8-4-5-9-19(17)24-20/h1-9,21,24H,10-15H2/t21-/m1/s1. The first-order valence-corrected chi connectivity index (χ1v) is 9.91. The molecule has 0 unspecified atom stereocenters. The fraction of sp³-hybridized carbons (Fsp3) is 0.304. The maximum atomic E-state index is 13.0. The average Bonchev–Trinajstić information content (AvgIpc) is 3.24. The van der Waals surface area contributed by atoms with Crippen molar-refractivity contribution in [3.63, 3.8) is 0 Å². The van der Waals surface area contributed by atoms with Crippen molar-refractivity contribution in [3.8, 4) is 0 Å². The van der Waals surface area contributed by atoms with Crippen LogP contribution in [0.5, 0.6) is 0 Å². The van der Waals surface area contributed by atoms with Gasteiger partial charge in [0.25, 0.3) is 0 Å². The van der Waals surface area contributed by atoms with Gasteiger partial charge in [-0.2, -0.15) is 0 Å². The van der Waals surface area contributed by atoms with Gasteiger partial charge in [-0.1, -0.05) is 48.5 Å². The van der Waals surface area contributed by atoms with E-state index in [0.29, 0.717) is 19.4 Å². The average molecular weight is 373 g/mol. The Morgan fingerprint density at radius 3 is 2.64 bits per heavy atom. The van der Waals surface area contributed by atoms with Gasteiger partial charge in [0.15, 0.2) is 0 Å². The molecule has 2 aliphatic rings. The van der Waals surface area contributed by atoms with Crippen LogP contribution in [0.1, 0.15) is 23.2 Å². The lowest BCUT2D eigenvalue weighted by molar-refractivity contribution is -0.139. The maximum Gasteiger partial charge on any atom is 0.247 e. The van der Waals surface area contributed by atoms with E-state index in [-0.39, 0.29) is 17.9 Å². The van der Waals surface area contributed by atoms with Crippen LogP contribution in [0.25, 0.3) is 10.9 Å².